The minimum Gasteiger partial charge on any atom is -0.462 e. The first-order valence-corrected chi connectivity index (χ1v) is 9.24. The molecule has 1 heterocycles. The molecule has 27 heavy (non-hydrogen) atoms. The number of nitro benzene ring substituents is 1. The number of likely N-dealkylation sites (tertiary alicyclic amines) is 1. The number of non-ortho nitro benzene ring substituents is 1. The van der Waals surface area contributed by atoms with E-state index >= 15 is 0 Å². The third-order valence-corrected chi connectivity index (χ3v) is 4.80. The van der Waals surface area contributed by atoms with Crippen LogP contribution in [0.3, 0.4) is 0 Å². The molecule has 1 aromatic rings. The number of carbonyl (C=O) groups is 2. The number of esters is 1. The first-order chi connectivity index (χ1) is 12.7. The van der Waals surface area contributed by atoms with Crippen LogP contribution in [0.15, 0.2) is 18.2 Å². The van der Waals surface area contributed by atoms with Crippen LogP contribution in [0.1, 0.15) is 60.7 Å². The van der Waals surface area contributed by atoms with E-state index in [1.165, 1.54) is 18.6 Å². The van der Waals surface area contributed by atoms with Crippen molar-refractivity contribution in [2.24, 2.45) is 0 Å². The van der Waals surface area contributed by atoms with Crippen LogP contribution < -0.4 is 5.32 Å². The molecule has 1 aliphatic heterocycles. The molecule has 0 radical (unpaired) electrons. The number of nitro groups is 1. The number of hydrogen-bond acceptors (Lipinski definition) is 6. The second-order valence-corrected chi connectivity index (χ2v) is 7.29. The number of ether oxygens (including phenoxy) is 1. The molecule has 8 nitrogen and oxygen atoms in total. The average molecular weight is 377 g/mol. The predicted molar refractivity (Wildman–Crippen MR) is 101 cm³/mol. The Kier molecular flexibility index (Phi) is 6.90. The highest BCUT2D eigenvalue weighted by atomic mass is 16.6. The van der Waals surface area contributed by atoms with Crippen LogP contribution in [0.5, 0.6) is 0 Å². The van der Waals surface area contributed by atoms with E-state index in [9.17, 15) is 19.7 Å². The summed E-state index contributed by atoms with van der Waals surface area (Å²) in [5, 5.41) is 14.0. The highest BCUT2D eigenvalue weighted by molar-refractivity contribution is 5.99. The maximum absolute atomic E-state index is 12.6. The molecule has 1 N–H and O–H groups in total. The van der Waals surface area contributed by atoms with Crippen molar-refractivity contribution in [3.63, 3.8) is 0 Å². The Morgan fingerprint density at radius 3 is 2.41 bits per heavy atom. The summed E-state index contributed by atoms with van der Waals surface area (Å²) in [6, 6.07) is 3.62. The number of amides is 1. The SMILES string of the molecule is CCOC(=O)c1cc(C(=O)NCC(C)(C)N2CCCCC2)cc([N+](=O)[O-])c1. The summed E-state index contributed by atoms with van der Waals surface area (Å²) >= 11 is 0. The van der Waals surface area contributed by atoms with Crippen molar-refractivity contribution in [2.75, 3.05) is 26.2 Å². The number of carbonyl (C=O) groups excluding carboxylic acids is 2. The van der Waals surface area contributed by atoms with Crippen molar-refractivity contribution in [1.82, 2.24) is 10.2 Å². The summed E-state index contributed by atoms with van der Waals surface area (Å²) in [5.74, 6) is -1.14. The molecular weight excluding hydrogens is 350 g/mol. The summed E-state index contributed by atoms with van der Waals surface area (Å²) < 4.78 is 4.89. The van der Waals surface area contributed by atoms with Gasteiger partial charge in [-0.3, -0.25) is 19.8 Å². The zero-order valence-electron chi connectivity index (χ0n) is 16.1. The monoisotopic (exact) mass is 377 g/mol. The molecule has 0 unspecified atom stereocenters. The molecule has 1 fully saturated rings. The first-order valence-electron chi connectivity index (χ1n) is 9.24. The number of nitrogens with zero attached hydrogens (tertiary/aromatic N) is 2. The van der Waals surface area contributed by atoms with Gasteiger partial charge in [-0.15, -0.1) is 0 Å². The molecule has 0 bridgehead atoms. The Balaban J connectivity index is 2.14. The summed E-state index contributed by atoms with van der Waals surface area (Å²) in [6.45, 7) is 8.31. The number of nitrogens with one attached hydrogen (secondary N) is 1. The van der Waals surface area contributed by atoms with Crippen molar-refractivity contribution in [2.45, 2.75) is 45.6 Å². The van der Waals surface area contributed by atoms with Gasteiger partial charge in [0.2, 0.25) is 0 Å². The van der Waals surface area contributed by atoms with Crippen LogP contribution in [-0.2, 0) is 4.74 Å². The van der Waals surface area contributed by atoms with Gasteiger partial charge in [0.15, 0.2) is 0 Å². The van der Waals surface area contributed by atoms with E-state index < -0.39 is 16.8 Å². The largest absolute Gasteiger partial charge is 0.462 e. The molecule has 0 saturated carbocycles. The average Bonchev–Trinajstić information content (AvgIpc) is 2.66. The molecule has 0 spiro atoms. The van der Waals surface area contributed by atoms with Gasteiger partial charge >= 0.3 is 5.97 Å². The van der Waals surface area contributed by atoms with Crippen LogP contribution in [0.2, 0.25) is 0 Å². The molecule has 0 atom stereocenters. The number of benzene rings is 1. The topological polar surface area (TPSA) is 102 Å². The number of rotatable bonds is 7. The van der Waals surface area contributed by atoms with Crippen LogP contribution >= 0.6 is 0 Å². The van der Waals surface area contributed by atoms with Gasteiger partial charge in [0.1, 0.15) is 0 Å². The van der Waals surface area contributed by atoms with Crippen LogP contribution in [0.4, 0.5) is 5.69 Å². The van der Waals surface area contributed by atoms with E-state index in [4.69, 9.17) is 4.74 Å². The Labute approximate surface area is 159 Å². The first kappa shape index (κ1) is 20.8. The quantitative estimate of drug-likeness (QED) is 0.445. The lowest BCUT2D eigenvalue weighted by molar-refractivity contribution is -0.384. The van der Waals surface area contributed by atoms with E-state index in [1.807, 2.05) is 0 Å². The normalized spacial score (nSPS) is 15.2. The number of hydrogen-bond donors (Lipinski definition) is 1. The van der Waals surface area contributed by atoms with E-state index in [2.05, 4.69) is 24.1 Å². The molecular formula is C19H27N3O5. The van der Waals surface area contributed by atoms with Crippen LogP contribution in [-0.4, -0.2) is 53.5 Å². The van der Waals surface area contributed by atoms with Crippen LogP contribution in [0.25, 0.3) is 0 Å². The number of piperidine rings is 1. The molecule has 0 aromatic heterocycles. The van der Waals surface area contributed by atoms with Crippen molar-refractivity contribution >= 4 is 17.6 Å². The zero-order chi connectivity index (χ0) is 20.0. The fourth-order valence-electron chi connectivity index (χ4n) is 3.19. The van der Waals surface area contributed by atoms with Gasteiger partial charge in [0.25, 0.3) is 11.6 Å². The molecule has 148 valence electrons. The lowest BCUT2D eigenvalue weighted by atomic mass is 9.98. The van der Waals surface area contributed by atoms with Crippen molar-refractivity contribution in [1.29, 1.82) is 0 Å². The Bertz CT molecular complexity index is 711. The predicted octanol–water partition coefficient (Wildman–Crippen LogP) is 2.77. The molecule has 1 aliphatic rings. The summed E-state index contributed by atoms with van der Waals surface area (Å²) in [5.41, 5.74) is -0.477. The standard InChI is InChI=1S/C19H27N3O5/c1-4-27-18(24)15-10-14(11-16(12-15)22(25)26)17(23)20-13-19(2,3)21-8-6-5-7-9-21/h10-12H,4-9,13H2,1-3H3,(H,20,23). The van der Waals surface area contributed by atoms with Crippen LogP contribution in [0, 0.1) is 10.1 Å². The molecule has 8 heteroatoms. The fraction of sp³-hybridized carbons (Fsp3) is 0.579. The van der Waals surface area contributed by atoms with Crippen molar-refractivity contribution in [3.05, 3.63) is 39.4 Å². The van der Waals surface area contributed by atoms with Crippen molar-refractivity contribution in [3.8, 4) is 0 Å². The van der Waals surface area contributed by atoms with Gasteiger partial charge in [0, 0.05) is 29.8 Å². The second kappa shape index (κ2) is 8.94. The molecule has 0 aliphatic carbocycles. The van der Waals surface area contributed by atoms with E-state index in [1.54, 1.807) is 6.92 Å². The third kappa shape index (κ3) is 5.50. The molecule has 2 rings (SSSR count). The lowest BCUT2D eigenvalue weighted by Gasteiger charge is -2.41. The van der Waals surface area contributed by atoms with Gasteiger partial charge in [-0.05, 0) is 52.8 Å². The van der Waals surface area contributed by atoms with E-state index in [0.29, 0.717) is 6.54 Å². The highest BCUT2D eigenvalue weighted by Gasteiger charge is 2.28. The van der Waals surface area contributed by atoms with Gasteiger partial charge in [-0.1, -0.05) is 6.42 Å². The maximum atomic E-state index is 12.6. The third-order valence-electron chi connectivity index (χ3n) is 4.80. The Hall–Kier alpha value is -2.48. The summed E-state index contributed by atoms with van der Waals surface area (Å²) in [7, 11) is 0. The molecule has 1 amide bonds. The van der Waals surface area contributed by atoms with Crippen molar-refractivity contribution < 1.29 is 19.2 Å². The van der Waals surface area contributed by atoms with Gasteiger partial charge in [-0.25, -0.2) is 4.79 Å². The second-order valence-electron chi connectivity index (χ2n) is 7.29. The molecule has 1 aromatic carbocycles. The van der Waals surface area contributed by atoms with Gasteiger partial charge < -0.3 is 10.1 Å². The van der Waals surface area contributed by atoms with Gasteiger partial charge in [-0.2, -0.15) is 0 Å². The lowest BCUT2D eigenvalue weighted by Crippen LogP contribution is -2.53. The van der Waals surface area contributed by atoms with E-state index in [0.717, 1.165) is 32.0 Å². The summed E-state index contributed by atoms with van der Waals surface area (Å²) in [4.78, 5) is 37.4. The highest BCUT2D eigenvalue weighted by Crippen LogP contribution is 2.21. The maximum Gasteiger partial charge on any atom is 0.338 e. The Morgan fingerprint density at radius 1 is 1.19 bits per heavy atom. The minimum absolute atomic E-state index is 0.00788. The Morgan fingerprint density at radius 2 is 1.81 bits per heavy atom. The fourth-order valence-corrected chi connectivity index (χ4v) is 3.19. The van der Waals surface area contributed by atoms with Gasteiger partial charge in [0.05, 0.1) is 17.1 Å². The minimum atomic E-state index is -0.691. The summed E-state index contributed by atoms with van der Waals surface area (Å²) in [6.07, 6.45) is 3.51. The zero-order valence-corrected chi connectivity index (χ0v) is 16.1. The van der Waals surface area contributed by atoms with E-state index in [-0.39, 0.29) is 29.0 Å². The smallest absolute Gasteiger partial charge is 0.338 e. The molecule has 1 saturated heterocycles.